The minimum atomic E-state index is -0.447. The first-order valence-corrected chi connectivity index (χ1v) is 10.2. The van der Waals surface area contributed by atoms with Crippen LogP contribution in [0.1, 0.15) is 23.4 Å². The molecule has 0 aliphatic carbocycles. The van der Waals surface area contributed by atoms with Gasteiger partial charge in [0.05, 0.1) is 26.5 Å². The Labute approximate surface area is 176 Å². The molecule has 0 radical (unpaired) electrons. The first-order valence-electron chi connectivity index (χ1n) is 9.36. The van der Waals surface area contributed by atoms with Crippen LogP contribution in [0.5, 0.6) is 0 Å². The molecule has 0 unspecified atom stereocenters. The van der Waals surface area contributed by atoms with E-state index in [0.717, 1.165) is 22.6 Å². The second kappa shape index (κ2) is 8.03. The summed E-state index contributed by atoms with van der Waals surface area (Å²) in [7, 11) is 0. The number of nitrogens with one attached hydrogen (secondary N) is 1. The van der Waals surface area contributed by atoms with Crippen molar-refractivity contribution >= 4 is 38.3 Å². The monoisotopic (exact) mass is 421 g/mol. The molecule has 9 heteroatoms. The highest BCUT2D eigenvalue weighted by atomic mass is 32.1. The second-order valence-corrected chi connectivity index (χ2v) is 8.01. The van der Waals surface area contributed by atoms with E-state index in [-0.39, 0.29) is 11.6 Å². The molecular formula is C21H19N5O3S. The molecule has 4 aromatic rings. The molecule has 0 bridgehead atoms. The molecule has 1 amide bonds. The highest BCUT2D eigenvalue weighted by molar-refractivity contribution is 7.22. The van der Waals surface area contributed by atoms with Gasteiger partial charge in [0.1, 0.15) is 0 Å². The molecule has 0 saturated heterocycles. The van der Waals surface area contributed by atoms with Gasteiger partial charge in [0.2, 0.25) is 5.91 Å². The number of hydrogen-bond acceptors (Lipinski definition) is 6. The molecule has 0 aliphatic heterocycles. The fourth-order valence-corrected chi connectivity index (χ4v) is 4.13. The third-order valence-corrected chi connectivity index (χ3v) is 5.59. The lowest BCUT2D eigenvalue weighted by molar-refractivity contribution is -0.384. The van der Waals surface area contributed by atoms with Crippen LogP contribution in [0.2, 0.25) is 0 Å². The average Bonchev–Trinajstić information content (AvgIpc) is 3.27. The van der Waals surface area contributed by atoms with E-state index in [2.05, 4.69) is 15.4 Å². The standard InChI is InChI=1S/C21H19N5O3S/c1-13-11-14(2)25(24-13)16-6-3-15(4-7-16)5-10-20(27)23-21-22-18-9-8-17(26(28)29)12-19(18)30-21/h3-4,6-9,11-12H,5,10H2,1-2H3,(H,22,23,27). The number of hydrogen-bond donors (Lipinski definition) is 1. The molecule has 0 atom stereocenters. The Balaban J connectivity index is 1.37. The van der Waals surface area contributed by atoms with Gasteiger partial charge in [0, 0.05) is 24.2 Å². The number of amides is 1. The number of nitrogens with zero attached hydrogens (tertiary/aromatic N) is 4. The molecule has 1 N–H and O–H groups in total. The number of non-ortho nitro benzene ring substituents is 1. The first-order chi connectivity index (χ1) is 14.4. The summed E-state index contributed by atoms with van der Waals surface area (Å²) < 4.78 is 2.56. The highest BCUT2D eigenvalue weighted by Gasteiger charge is 2.12. The van der Waals surface area contributed by atoms with Crippen molar-refractivity contribution in [2.24, 2.45) is 0 Å². The Kier molecular flexibility index (Phi) is 5.28. The third-order valence-electron chi connectivity index (χ3n) is 4.66. The third kappa shape index (κ3) is 4.20. The fraction of sp³-hybridized carbons (Fsp3) is 0.190. The quantitative estimate of drug-likeness (QED) is 0.363. The predicted molar refractivity (Wildman–Crippen MR) is 116 cm³/mol. The van der Waals surface area contributed by atoms with Gasteiger partial charge >= 0.3 is 0 Å². The Hall–Kier alpha value is -3.59. The fourth-order valence-electron chi connectivity index (χ4n) is 3.21. The van der Waals surface area contributed by atoms with Crippen LogP contribution in [-0.4, -0.2) is 25.6 Å². The van der Waals surface area contributed by atoms with Crippen LogP contribution in [0.3, 0.4) is 0 Å². The molecule has 152 valence electrons. The number of aromatic nitrogens is 3. The van der Waals surface area contributed by atoms with Gasteiger partial charge in [-0.3, -0.25) is 14.9 Å². The number of nitro benzene ring substituents is 1. The molecule has 0 fully saturated rings. The van der Waals surface area contributed by atoms with E-state index < -0.39 is 4.92 Å². The zero-order valence-corrected chi connectivity index (χ0v) is 17.3. The molecule has 0 aliphatic rings. The molecule has 2 aromatic carbocycles. The van der Waals surface area contributed by atoms with Gasteiger partial charge in [0.15, 0.2) is 5.13 Å². The smallest absolute Gasteiger partial charge is 0.270 e. The van der Waals surface area contributed by atoms with Crippen molar-refractivity contribution in [3.63, 3.8) is 0 Å². The molecular weight excluding hydrogens is 402 g/mol. The molecule has 4 rings (SSSR count). The lowest BCUT2D eigenvalue weighted by atomic mass is 10.1. The number of fused-ring (bicyclic) bond motifs is 1. The Morgan fingerprint density at radius 2 is 1.93 bits per heavy atom. The summed E-state index contributed by atoms with van der Waals surface area (Å²) in [5.41, 5.74) is 4.71. The normalized spacial score (nSPS) is 11.0. The van der Waals surface area contributed by atoms with E-state index in [1.807, 2.05) is 48.9 Å². The number of thiazole rings is 1. The van der Waals surface area contributed by atoms with E-state index in [0.29, 0.717) is 28.2 Å². The van der Waals surface area contributed by atoms with Crippen LogP contribution in [0.4, 0.5) is 10.8 Å². The van der Waals surface area contributed by atoms with Gasteiger partial charge in [-0.1, -0.05) is 23.5 Å². The van der Waals surface area contributed by atoms with Crippen molar-refractivity contribution in [1.82, 2.24) is 14.8 Å². The van der Waals surface area contributed by atoms with Gasteiger partial charge in [-0.05, 0) is 50.1 Å². The molecule has 30 heavy (non-hydrogen) atoms. The van der Waals surface area contributed by atoms with Crippen LogP contribution < -0.4 is 5.32 Å². The molecule has 0 spiro atoms. The van der Waals surface area contributed by atoms with Crippen molar-refractivity contribution in [2.75, 3.05) is 5.32 Å². The SMILES string of the molecule is Cc1cc(C)n(-c2ccc(CCC(=O)Nc3nc4ccc([N+](=O)[O-])cc4s3)cc2)n1. The summed E-state index contributed by atoms with van der Waals surface area (Å²) in [4.78, 5) is 27.1. The van der Waals surface area contributed by atoms with Gasteiger partial charge in [-0.25, -0.2) is 9.67 Å². The van der Waals surface area contributed by atoms with Crippen molar-refractivity contribution in [1.29, 1.82) is 0 Å². The number of carbonyl (C=O) groups excluding carboxylic acids is 1. The van der Waals surface area contributed by atoms with E-state index in [9.17, 15) is 14.9 Å². The van der Waals surface area contributed by atoms with Crippen molar-refractivity contribution < 1.29 is 9.72 Å². The van der Waals surface area contributed by atoms with E-state index >= 15 is 0 Å². The summed E-state index contributed by atoms with van der Waals surface area (Å²) in [6.07, 6.45) is 0.912. The lowest BCUT2D eigenvalue weighted by Crippen LogP contribution is -2.12. The maximum Gasteiger partial charge on any atom is 0.270 e. The minimum absolute atomic E-state index is 0.00735. The van der Waals surface area contributed by atoms with Crippen molar-refractivity contribution in [3.05, 3.63) is 75.6 Å². The topological polar surface area (TPSA) is 103 Å². The Morgan fingerprint density at radius 1 is 1.17 bits per heavy atom. The van der Waals surface area contributed by atoms with E-state index in [1.165, 1.54) is 23.5 Å². The van der Waals surface area contributed by atoms with Gasteiger partial charge in [-0.2, -0.15) is 5.10 Å². The average molecular weight is 421 g/mol. The van der Waals surface area contributed by atoms with Gasteiger partial charge < -0.3 is 5.32 Å². The highest BCUT2D eigenvalue weighted by Crippen LogP contribution is 2.29. The Bertz CT molecular complexity index is 1240. The van der Waals surface area contributed by atoms with Crippen LogP contribution >= 0.6 is 11.3 Å². The van der Waals surface area contributed by atoms with Crippen LogP contribution in [0.25, 0.3) is 15.9 Å². The summed E-state index contributed by atoms with van der Waals surface area (Å²) in [5, 5.41) is 18.6. The predicted octanol–water partition coefficient (Wildman–Crippen LogP) is 4.58. The number of nitro groups is 1. The number of anilines is 1. The van der Waals surface area contributed by atoms with Gasteiger partial charge in [0.25, 0.3) is 5.69 Å². The number of carbonyl (C=O) groups is 1. The molecule has 2 aromatic heterocycles. The zero-order valence-electron chi connectivity index (χ0n) is 16.5. The summed E-state index contributed by atoms with van der Waals surface area (Å²) in [6.45, 7) is 3.97. The maximum atomic E-state index is 12.3. The Morgan fingerprint density at radius 3 is 2.60 bits per heavy atom. The molecule has 0 saturated carbocycles. The number of rotatable bonds is 6. The number of aryl methyl sites for hydroxylation is 3. The van der Waals surface area contributed by atoms with E-state index in [4.69, 9.17) is 0 Å². The summed E-state index contributed by atoms with van der Waals surface area (Å²) in [6, 6.07) is 14.5. The lowest BCUT2D eigenvalue weighted by Gasteiger charge is -2.06. The van der Waals surface area contributed by atoms with Crippen LogP contribution in [-0.2, 0) is 11.2 Å². The minimum Gasteiger partial charge on any atom is -0.302 e. The van der Waals surface area contributed by atoms with Crippen LogP contribution in [0, 0.1) is 24.0 Å². The summed E-state index contributed by atoms with van der Waals surface area (Å²) >= 11 is 1.22. The van der Waals surface area contributed by atoms with Crippen molar-refractivity contribution in [2.45, 2.75) is 26.7 Å². The maximum absolute atomic E-state index is 12.3. The zero-order chi connectivity index (χ0) is 21.3. The number of benzene rings is 2. The summed E-state index contributed by atoms with van der Waals surface area (Å²) in [5.74, 6) is -0.147. The second-order valence-electron chi connectivity index (χ2n) is 6.98. The molecule has 2 heterocycles. The van der Waals surface area contributed by atoms with Crippen LogP contribution in [0.15, 0.2) is 48.5 Å². The first kappa shape index (κ1) is 19.7. The molecule has 8 nitrogen and oxygen atoms in total. The largest absolute Gasteiger partial charge is 0.302 e. The van der Waals surface area contributed by atoms with Gasteiger partial charge in [-0.15, -0.1) is 0 Å². The van der Waals surface area contributed by atoms with E-state index in [1.54, 1.807) is 6.07 Å². The van der Waals surface area contributed by atoms with Crippen molar-refractivity contribution in [3.8, 4) is 5.69 Å².